The van der Waals surface area contributed by atoms with Gasteiger partial charge in [-0.3, -0.25) is 0 Å². The van der Waals surface area contributed by atoms with Gasteiger partial charge in [-0.05, 0) is 58.2 Å². The Bertz CT molecular complexity index is 309. The Morgan fingerprint density at radius 2 is 1.35 bits per heavy atom. The number of carbonyl (C=O) groups excluding carboxylic acids is 1. The van der Waals surface area contributed by atoms with Gasteiger partial charge in [-0.2, -0.15) is 0 Å². The maximum atomic E-state index is 12.1. The molecule has 0 spiro atoms. The van der Waals surface area contributed by atoms with Crippen LogP contribution in [-0.2, 0) is 13.6 Å². The number of carbonyl (C=O) groups is 1. The first kappa shape index (κ1) is 16.4. The van der Waals surface area contributed by atoms with E-state index in [1.54, 1.807) is 0 Å². The molecule has 0 unspecified atom stereocenters. The molecule has 0 heterocycles. The molecule has 0 aromatic carbocycles. The summed E-state index contributed by atoms with van der Waals surface area (Å²) in [6.45, 7) is 16.1. The van der Waals surface area contributed by atoms with Gasteiger partial charge in [0.1, 0.15) is 0 Å². The SMILES string of the molecule is CC/C(C)=C(/O[Si](C)(C)C)C(=O)O[Si](C)(C)C. The van der Waals surface area contributed by atoms with Crippen molar-refractivity contribution < 1.29 is 13.6 Å². The summed E-state index contributed by atoms with van der Waals surface area (Å²) in [7, 11) is -3.65. The van der Waals surface area contributed by atoms with E-state index in [4.69, 9.17) is 8.85 Å². The molecule has 0 saturated carbocycles. The second-order valence-electron chi connectivity index (χ2n) is 6.18. The van der Waals surface area contributed by atoms with Crippen LogP contribution in [0.1, 0.15) is 20.3 Å². The molecule has 0 aliphatic carbocycles. The Morgan fingerprint density at radius 1 is 0.941 bits per heavy atom. The summed E-state index contributed by atoms with van der Waals surface area (Å²) < 4.78 is 11.4. The van der Waals surface area contributed by atoms with Crippen molar-refractivity contribution in [2.75, 3.05) is 0 Å². The molecular formula is C12H26O3Si2. The summed E-state index contributed by atoms with van der Waals surface area (Å²) in [5.74, 6) is 0.153. The van der Waals surface area contributed by atoms with Crippen LogP contribution >= 0.6 is 0 Å². The zero-order valence-corrected chi connectivity index (χ0v) is 14.4. The average Bonchev–Trinajstić information content (AvgIpc) is 2.08. The molecule has 0 saturated heterocycles. The van der Waals surface area contributed by atoms with Crippen molar-refractivity contribution >= 4 is 22.6 Å². The third-order valence-electron chi connectivity index (χ3n) is 1.91. The molecule has 0 rings (SSSR count). The molecule has 0 aliphatic rings. The van der Waals surface area contributed by atoms with Crippen molar-refractivity contribution in [1.29, 1.82) is 0 Å². The lowest BCUT2D eigenvalue weighted by molar-refractivity contribution is -0.133. The molecule has 0 aromatic heterocycles. The normalized spacial score (nSPS) is 14.1. The fourth-order valence-electron chi connectivity index (χ4n) is 1.09. The second kappa shape index (κ2) is 5.86. The molecular weight excluding hydrogens is 248 g/mol. The minimum atomic E-state index is -1.87. The predicted octanol–water partition coefficient (Wildman–Crippen LogP) is 3.90. The monoisotopic (exact) mass is 274 g/mol. The highest BCUT2D eigenvalue weighted by Crippen LogP contribution is 2.19. The maximum Gasteiger partial charge on any atom is 0.358 e. The first-order valence-electron chi connectivity index (χ1n) is 6.08. The number of allylic oxidation sites excluding steroid dienone is 1. The minimum Gasteiger partial charge on any atom is -0.540 e. The molecule has 0 fully saturated rings. The molecule has 0 aromatic rings. The minimum absolute atomic E-state index is 0.286. The molecule has 100 valence electrons. The zero-order chi connectivity index (χ0) is 13.9. The van der Waals surface area contributed by atoms with Crippen molar-refractivity contribution in [2.24, 2.45) is 0 Å². The van der Waals surface area contributed by atoms with Gasteiger partial charge in [0, 0.05) is 0 Å². The molecule has 3 nitrogen and oxygen atoms in total. The van der Waals surface area contributed by atoms with Gasteiger partial charge in [-0.25, -0.2) is 4.79 Å². The van der Waals surface area contributed by atoms with Gasteiger partial charge < -0.3 is 8.85 Å². The van der Waals surface area contributed by atoms with E-state index in [0.29, 0.717) is 5.76 Å². The van der Waals surface area contributed by atoms with Gasteiger partial charge >= 0.3 is 5.97 Å². The second-order valence-corrected chi connectivity index (χ2v) is 15.0. The molecule has 0 radical (unpaired) electrons. The molecule has 0 atom stereocenters. The summed E-state index contributed by atoms with van der Waals surface area (Å²) in [6.07, 6.45) is 0.806. The van der Waals surface area contributed by atoms with Crippen molar-refractivity contribution in [3.8, 4) is 0 Å². The number of hydrogen-bond donors (Lipinski definition) is 0. The molecule has 0 bridgehead atoms. The van der Waals surface area contributed by atoms with E-state index in [1.165, 1.54) is 0 Å². The smallest absolute Gasteiger partial charge is 0.358 e. The summed E-state index contributed by atoms with van der Waals surface area (Å²) in [5.41, 5.74) is 0.968. The van der Waals surface area contributed by atoms with E-state index in [0.717, 1.165) is 12.0 Å². The van der Waals surface area contributed by atoms with Crippen LogP contribution in [0.5, 0.6) is 0 Å². The Hall–Kier alpha value is -0.556. The summed E-state index contributed by atoms with van der Waals surface area (Å²) in [6, 6.07) is 0. The van der Waals surface area contributed by atoms with Crippen LogP contribution in [0.4, 0.5) is 0 Å². The Kier molecular flexibility index (Phi) is 5.67. The quantitative estimate of drug-likeness (QED) is 0.433. The summed E-state index contributed by atoms with van der Waals surface area (Å²) >= 11 is 0. The van der Waals surface area contributed by atoms with Gasteiger partial charge in [-0.1, -0.05) is 6.92 Å². The number of hydrogen-bond acceptors (Lipinski definition) is 3. The van der Waals surface area contributed by atoms with Gasteiger partial charge in [0.15, 0.2) is 5.76 Å². The maximum absolute atomic E-state index is 12.1. The van der Waals surface area contributed by atoms with Crippen LogP contribution in [0.2, 0.25) is 39.3 Å². The molecule has 17 heavy (non-hydrogen) atoms. The van der Waals surface area contributed by atoms with E-state index in [-0.39, 0.29) is 5.97 Å². The Morgan fingerprint density at radius 3 is 1.65 bits per heavy atom. The topological polar surface area (TPSA) is 35.5 Å². The van der Waals surface area contributed by atoms with Crippen molar-refractivity contribution in [3.63, 3.8) is 0 Å². The highest BCUT2D eigenvalue weighted by atomic mass is 28.4. The van der Waals surface area contributed by atoms with E-state index in [2.05, 4.69) is 19.6 Å². The molecule has 0 amide bonds. The number of rotatable bonds is 5. The zero-order valence-electron chi connectivity index (χ0n) is 12.4. The van der Waals surface area contributed by atoms with Crippen LogP contribution < -0.4 is 0 Å². The summed E-state index contributed by atoms with van der Waals surface area (Å²) in [5, 5.41) is 0. The van der Waals surface area contributed by atoms with Crippen LogP contribution in [0.15, 0.2) is 11.3 Å². The van der Waals surface area contributed by atoms with Gasteiger partial charge in [0.25, 0.3) is 0 Å². The van der Waals surface area contributed by atoms with Crippen LogP contribution in [0.25, 0.3) is 0 Å². The predicted molar refractivity (Wildman–Crippen MR) is 76.9 cm³/mol. The van der Waals surface area contributed by atoms with Crippen LogP contribution in [0, 0.1) is 0 Å². The molecule has 0 N–H and O–H groups in total. The highest BCUT2D eigenvalue weighted by molar-refractivity contribution is 6.72. The van der Waals surface area contributed by atoms with Crippen molar-refractivity contribution in [2.45, 2.75) is 59.6 Å². The largest absolute Gasteiger partial charge is 0.540 e. The van der Waals surface area contributed by atoms with E-state index in [9.17, 15) is 4.79 Å². The fourth-order valence-corrected chi connectivity index (χ4v) is 2.61. The first-order valence-corrected chi connectivity index (χ1v) is 12.9. The average molecular weight is 275 g/mol. The van der Waals surface area contributed by atoms with E-state index < -0.39 is 16.6 Å². The summed E-state index contributed by atoms with van der Waals surface area (Å²) in [4.78, 5) is 12.1. The Labute approximate surface area is 107 Å². The van der Waals surface area contributed by atoms with Crippen LogP contribution in [0.3, 0.4) is 0 Å². The fraction of sp³-hybridized carbons (Fsp3) is 0.750. The Balaban J connectivity index is 5.04. The molecule has 5 heteroatoms. The van der Waals surface area contributed by atoms with E-state index in [1.807, 2.05) is 33.5 Å². The lowest BCUT2D eigenvalue weighted by Crippen LogP contribution is -2.34. The third-order valence-corrected chi connectivity index (χ3v) is 3.52. The first-order chi connectivity index (χ1) is 7.46. The van der Waals surface area contributed by atoms with Gasteiger partial charge in [-0.15, -0.1) is 0 Å². The van der Waals surface area contributed by atoms with Gasteiger partial charge in [0.2, 0.25) is 16.6 Å². The highest BCUT2D eigenvalue weighted by Gasteiger charge is 2.28. The van der Waals surface area contributed by atoms with Gasteiger partial charge in [0.05, 0.1) is 0 Å². The third kappa shape index (κ3) is 7.38. The van der Waals surface area contributed by atoms with Crippen molar-refractivity contribution in [3.05, 3.63) is 11.3 Å². The van der Waals surface area contributed by atoms with Crippen LogP contribution in [-0.4, -0.2) is 22.6 Å². The lowest BCUT2D eigenvalue weighted by Gasteiger charge is -2.25. The lowest BCUT2D eigenvalue weighted by atomic mass is 10.2. The standard InChI is InChI=1S/C12H26O3Si2/c1-9-10(2)11(14-16(3,4)5)12(13)15-17(6,7)8/h9H2,1-8H3/b11-10+. The van der Waals surface area contributed by atoms with Crippen molar-refractivity contribution in [1.82, 2.24) is 0 Å². The molecule has 0 aliphatic heterocycles. The van der Waals surface area contributed by atoms with E-state index >= 15 is 0 Å².